The van der Waals surface area contributed by atoms with Crippen LogP contribution in [0.1, 0.15) is 5.56 Å². The highest BCUT2D eigenvalue weighted by Crippen LogP contribution is 2.34. The largest absolute Gasteiger partial charge is 0.493 e. The van der Waals surface area contributed by atoms with E-state index in [1.54, 1.807) is 0 Å². The van der Waals surface area contributed by atoms with Gasteiger partial charge in [-0.05, 0) is 12.5 Å². The lowest BCUT2D eigenvalue weighted by Gasteiger charge is -2.26. The van der Waals surface area contributed by atoms with Crippen LogP contribution >= 0.6 is 0 Å². The highest BCUT2D eigenvalue weighted by Gasteiger charge is 2.24. The van der Waals surface area contributed by atoms with Gasteiger partial charge in [-0.25, -0.2) is 4.72 Å². The van der Waals surface area contributed by atoms with Crippen LogP contribution in [0.15, 0.2) is 12.1 Å². The van der Waals surface area contributed by atoms with Gasteiger partial charge in [-0.1, -0.05) is 0 Å². The van der Waals surface area contributed by atoms with E-state index in [0.29, 0.717) is 24.5 Å². The molecule has 0 bridgehead atoms. The molecule has 0 radical (unpaired) electrons. The van der Waals surface area contributed by atoms with Gasteiger partial charge in [0.25, 0.3) is 15.9 Å². The molecule has 0 saturated carbocycles. The van der Waals surface area contributed by atoms with E-state index in [9.17, 15) is 18.5 Å². The molecular weight excluding hydrogens is 354 g/mol. The van der Waals surface area contributed by atoms with Crippen LogP contribution in [0.4, 0.5) is 5.69 Å². The number of nitro benzene ring substituents is 1. The third kappa shape index (κ3) is 4.78. The van der Waals surface area contributed by atoms with Gasteiger partial charge in [-0.2, -0.15) is 12.7 Å². The molecular formula is C14H21N3O7S. The molecule has 10 nitrogen and oxygen atoms in total. The minimum absolute atomic E-state index is 0.0238. The van der Waals surface area contributed by atoms with Gasteiger partial charge in [0.2, 0.25) is 0 Å². The number of morpholine rings is 1. The minimum atomic E-state index is -3.64. The summed E-state index contributed by atoms with van der Waals surface area (Å²) in [5.41, 5.74) is 0.204. The molecule has 0 aliphatic carbocycles. The molecule has 25 heavy (non-hydrogen) atoms. The van der Waals surface area contributed by atoms with Gasteiger partial charge in [0.05, 0.1) is 38.4 Å². The molecule has 1 heterocycles. The zero-order valence-corrected chi connectivity index (χ0v) is 14.9. The summed E-state index contributed by atoms with van der Waals surface area (Å²) in [6.07, 6.45) is 0.139. The molecule has 1 saturated heterocycles. The first-order valence-electron chi connectivity index (χ1n) is 7.61. The number of hydrogen-bond acceptors (Lipinski definition) is 7. The summed E-state index contributed by atoms with van der Waals surface area (Å²) < 4.78 is 43.5. The van der Waals surface area contributed by atoms with Gasteiger partial charge in [-0.15, -0.1) is 0 Å². The van der Waals surface area contributed by atoms with Crippen molar-refractivity contribution in [2.45, 2.75) is 6.42 Å². The van der Waals surface area contributed by atoms with Crippen molar-refractivity contribution < 1.29 is 27.6 Å². The quantitative estimate of drug-likeness (QED) is 0.513. The van der Waals surface area contributed by atoms with Crippen LogP contribution in [0.3, 0.4) is 0 Å². The van der Waals surface area contributed by atoms with Gasteiger partial charge in [0.1, 0.15) is 0 Å². The molecule has 1 aliphatic heterocycles. The number of nitrogens with zero attached hydrogens (tertiary/aromatic N) is 2. The van der Waals surface area contributed by atoms with Crippen LogP contribution in [-0.2, 0) is 21.4 Å². The molecule has 140 valence electrons. The summed E-state index contributed by atoms with van der Waals surface area (Å²) in [5, 5.41) is 11.2. The van der Waals surface area contributed by atoms with E-state index in [2.05, 4.69) is 4.72 Å². The van der Waals surface area contributed by atoms with E-state index in [1.807, 2.05) is 0 Å². The predicted octanol–water partition coefficient (Wildman–Crippen LogP) is 0.321. The molecule has 0 aromatic heterocycles. The number of methoxy groups -OCH3 is 2. The van der Waals surface area contributed by atoms with Crippen LogP contribution in [0, 0.1) is 10.1 Å². The highest BCUT2D eigenvalue weighted by atomic mass is 32.2. The van der Waals surface area contributed by atoms with Crippen LogP contribution < -0.4 is 14.2 Å². The zero-order chi connectivity index (χ0) is 18.4. The molecule has 1 fully saturated rings. The zero-order valence-electron chi connectivity index (χ0n) is 14.1. The molecule has 0 atom stereocenters. The van der Waals surface area contributed by atoms with Gasteiger partial charge in [0.15, 0.2) is 11.5 Å². The SMILES string of the molecule is COc1cc(CCNS(=O)(=O)N2CCOCC2)c([N+](=O)[O-])cc1OC. The van der Waals surface area contributed by atoms with Crippen molar-refractivity contribution in [2.75, 3.05) is 47.1 Å². The summed E-state index contributed by atoms with van der Waals surface area (Å²) in [6, 6.07) is 2.75. The Labute approximate surface area is 146 Å². The van der Waals surface area contributed by atoms with Crippen LogP contribution in [0.2, 0.25) is 0 Å². The van der Waals surface area contributed by atoms with E-state index >= 15 is 0 Å². The second-order valence-corrected chi connectivity index (χ2v) is 7.01. The topological polar surface area (TPSA) is 120 Å². The molecule has 0 unspecified atom stereocenters. The van der Waals surface area contributed by atoms with Gasteiger partial charge in [0, 0.05) is 25.2 Å². The lowest BCUT2D eigenvalue weighted by Crippen LogP contribution is -2.47. The summed E-state index contributed by atoms with van der Waals surface area (Å²) in [6.45, 7) is 1.29. The van der Waals surface area contributed by atoms with Crippen LogP contribution in [0.5, 0.6) is 11.5 Å². The first-order valence-corrected chi connectivity index (χ1v) is 9.05. The minimum Gasteiger partial charge on any atom is -0.493 e. The van der Waals surface area contributed by atoms with Gasteiger partial charge >= 0.3 is 0 Å². The molecule has 1 N–H and O–H groups in total. The molecule has 1 aromatic carbocycles. The second-order valence-electron chi connectivity index (χ2n) is 5.25. The maximum atomic E-state index is 12.2. The fourth-order valence-corrected chi connectivity index (χ4v) is 3.65. The first kappa shape index (κ1) is 19.4. The lowest BCUT2D eigenvalue weighted by atomic mass is 10.1. The Bertz CT molecular complexity index is 717. The van der Waals surface area contributed by atoms with Gasteiger partial charge in [-0.3, -0.25) is 10.1 Å². The van der Waals surface area contributed by atoms with Crippen molar-refractivity contribution in [3.63, 3.8) is 0 Å². The number of benzene rings is 1. The number of nitrogens with one attached hydrogen (secondary N) is 1. The van der Waals surface area contributed by atoms with E-state index in [-0.39, 0.29) is 37.5 Å². The number of nitro groups is 1. The smallest absolute Gasteiger partial charge is 0.279 e. The number of rotatable bonds is 8. The Morgan fingerprint density at radius 1 is 1.24 bits per heavy atom. The highest BCUT2D eigenvalue weighted by molar-refractivity contribution is 7.87. The predicted molar refractivity (Wildman–Crippen MR) is 89.2 cm³/mol. The normalized spacial score (nSPS) is 15.8. The molecule has 1 aliphatic rings. The Kier molecular flexibility index (Phi) is 6.53. The summed E-state index contributed by atoms with van der Waals surface area (Å²) in [5.74, 6) is 0.589. The summed E-state index contributed by atoms with van der Waals surface area (Å²) >= 11 is 0. The Balaban J connectivity index is 2.10. The molecule has 1 aromatic rings. The van der Waals surface area contributed by atoms with Crippen molar-refractivity contribution in [3.8, 4) is 11.5 Å². The molecule has 11 heteroatoms. The van der Waals surface area contributed by atoms with Crippen molar-refractivity contribution in [1.29, 1.82) is 0 Å². The van der Waals surface area contributed by atoms with E-state index in [1.165, 1.54) is 30.7 Å². The van der Waals surface area contributed by atoms with E-state index in [4.69, 9.17) is 14.2 Å². The third-order valence-corrected chi connectivity index (χ3v) is 5.38. The average Bonchev–Trinajstić information content (AvgIpc) is 2.61. The summed E-state index contributed by atoms with van der Waals surface area (Å²) in [7, 11) is -0.826. The van der Waals surface area contributed by atoms with Crippen molar-refractivity contribution in [2.24, 2.45) is 0 Å². The lowest BCUT2D eigenvalue weighted by molar-refractivity contribution is -0.385. The Morgan fingerprint density at radius 2 is 1.84 bits per heavy atom. The Morgan fingerprint density at radius 3 is 2.40 bits per heavy atom. The van der Waals surface area contributed by atoms with Crippen LogP contribution in [0.25, 0.3) is 0 Å². The maximum absolute atomic E-state index is 12.2. The fraction of sp³-hybridized carbons (Fsp3) is 0.571. The standard InChI is InChI=1S/C14H21N3O7S/c1-22-13-9-11(12(17(18)19)10-14(13)23-2)3-4-15-25(20,21)16-5-7-24-8-6-16/h9-10,15H,3-8H2,1-2H3. The average molecular weight is 375 g/mol. The first-order chi connectivity index (χ1) is 11.9. The van der Waals surface area contributed by atoms with Crippen molar-refractivity contribution in [3.05, 3.63) is 27.8 Å². The second kappa shape index (κ2) is 8.43. The number of ether oxygens (including phenoxy) is 3. The maximum Gasteiger partial charge on any atom is 0.279 e. The van der Waals surface area contributed by atoms with E-state index in [0.717, 1.165) is 0 Å². The third-order valence-electron chi connectivity index (χ3n) is 3.77. The molecule has 0 spiro atoms. The molecule has 2 rings (SSSR count). The van der Waals surface area contributed by atoms with Crippen molar-refractivity contribution in [1.82, 2.24) is 9.03 Å². The van der Waals surface area contributed by atoms with Crippen LogP contribution in [-0.4, -0.2) is 64.7 Å². The number of hydrogen-bond donors (Lipinski definition) is 1. The Hall–Kier alpha value is -1.95. The van der Waals surface area contributed by atoms with E-state index < -0.39 is 15.1 Å². The monoisotopic (exact) mass is 375 g/mol. The molecule has 0 amide bonds. The summed E-state index contributed by atoms with van der Waals surface area (Å²) in [4.78, 5) is 10.7. The van der Waals surface area contributed by atoms with Gasteiger partial charge < -0.3 is 14.2 Å². The van der Waals surface area contributed by atoms with Crippen molar-refractivity contribution >= 4 is 15.9 Å². The fourth-order valence-electron chi connectivity index (χ4n) is 2.47.